The van der Waals surface area contributed by atoms with Crippen molar-refractivity contribution in [1.29, 1.82) is 0 Å². The van der Waals surface area contributed by atoms with Gasteiger partial charge >= 0.3 is 0 Å². The van der Waals surface area contributed by atoms with Crippen LogP contribution < -0.4 is 10.1 Å². The maximum absolute atomic E-state index is 5.81. The zero-order valence-corrected chi connectivity index (χ0v) is 11.4. The predicted molar refractivity (Wildman–Crippen MR) is 82.3 cm³/mol. The highest BCUT2D eigenvalue weighted by molar-refractivity contribution is 5.35. The molecule has 1 aromatic heterocycles. The van der Waals surface area contributed by atoms with E-state index < -0.39 is 0 Å². The lowest BCUT2D eigenvalue weighted by Crippen LogP contribution is -2.02. The fraction of sp³-hybridized carbons (Fsp3) is 0.0588. The number of benzene rings is 2. The molecule has 3 rings (SSSR count). The minimum Gasteiger partial charge on any atom is -0.457 e. The van der Waals surface area contributed by atoms with Crippen molar-refractivity contribution in [2.24, 2.45) is 0 Å². The Labute approximate surface area is 123 Å². The van der Waals surface area contributed by atoms with E-state index >= 15 is 0 Å². The van der Waals surface area contributed by atoms with E-state index in [2.05, 4.69) is 15.3 Å². The van der Waals surface area contributed by atoms with E-state index in [1.807, 2.05) is 54.6 Å². The third-order valence-corrected chi connectivity index (χ3v) is 2.89. The molecule has 2 aromatic carbocycles. The maximum atomic E-state index is 5.81. The number of nitrogens with zero attached hydrogens (tertiary/aromatic N) is 2. The minimum atomic E-state index is 0.617. The van der Waals surface area contributed by atoms with E-state index in [4.69, 9.17) is 4.74 Å². The van der Waals surface area contributed by atoms with Gasteiger partial charge in [0.25, 0.3) is 0 Å². The fourth-order valence-electron chi connectivity index (χ4n) is 1.92. The quantitative estimate of drug-likeness (QED) is 0.768. The second-order valence-electron chi connectivity index (χ2n) is 4.49. The molecule has 0 amide bonds. The van der Waals surface area contributed by atoms with E-state index in [-0.39, 0.29) is 0 Å². The molecule has 0 bridgehead atoms. The van der Waals surface area contributed by atoms with Gasteiger partial charge in [0.1, 0.15) is 11.5 Å². The van der Waals surface area contributed by atoms with E-state index in [0.29, 0.717) is 12.5 Å². The highest BCUT2D eigenvalue weighted by Gasteiger charge is 2.00. The first-order valence-corrected chi connectivity index (χ1v) is 6.73. The van der Waals surface area contributed by atoms with Gasteiger partial charge in [-0.25, -0.2) is 9.97 Å². The molecule has 21 heavy (non-hydrogen) atoms. The molecule has 0 aliphatic carbocycles. The average molecular weight is 277 g/mol. The topological polar surface area (TPSA) is 47.0 Å². The first-order chi connectivity index (χ1) is 10.4. The van der Waals surface area contributed by atoms with Crippen molar-refractivity contribution >= 4 is 5.95 Å². The monoisotopic (exact) mass is 277 g/mol. The molecule has 0 aliphatic heterocycles. The summed E-state index contributed by atoms with van der Waals surface area (Å²) in [5.74, 6) is 2.26. The summed E-state index contributed by atoms with van der Waals surface area (Å²) in [5, 5.41) is 3.17. The van der Waals surface area contributed by atoms with Crippen LogP contribution in [0.1, 0.15) is 5.56 Å². The Bertz CT molecular complexity index is 687. The fourth-order valence-corrected chi connectivity index (χ4v) is 1.92. The molecule has 0 spiro atoms. The Kier molecular flexibility index (Phi) is 4.07. The van der Waals surface area contributed by atoms with E-state index in [0.717, 1.165) is 17.1 Å². The van der Waals surface area contributed by atoms with Crippen LogP contribution in [0.4, 0.5) is 5.95 Å². The van der Waals surface area contributed by atoms with Gasteiger partial charge in [-0.3, -0.25) is 0 Å². The highest BCUT2D eigenvalue weighted by atomic mass is 16.5. The first kappa shape index (κ1) is 13.1. The number of aromatic nitrogens is 2. The summed E-state index contributed by atoms with van der Waals surface area (Å²) in [7, 11) is 0. The Morgan fingerprint density at radius 2 is 1.57 bits per heavy atom. The zero-order chi connectivity index (χ0) is 14.3. The number of nitrogens with one attached hydrogen (secondary N) is 1. The smallest absolute Gasteiger partial charge is 0.222 e. The van der Waals surface area contributed by atoms with E-state index in [9.17, 15) is 0 Å². The highest BCUT2D eigenvalue weighted by Crippen LogP contribution is 2.21. The molecule has 3 aromatic rings. The molecule has 0 unspecified atom stereocenters. The molecule has 0 fully saturated rings. The van der Waals surface area contributed by atoms with Gasteiger partial charge < -0.3 is 10.1 Å². The number of hydrogen-bond donors (Lipinski definition) is 1. The standard InChI is InChI=1S/C17H15N3O/c1-2-7-15(8-3-1)21-16-9-4-6-14(12-16)13-20-17-18-10-5-11-19-17/h1-12H,13H2,(H,18,19,20). The van der Waals surface area contributed by atoms with Crippen LogP contribution in [0.3, 0.4) is 0 Å². The summed E-state index contributed by atoms with van der Waals surface area (Å²) in [4.78, 5) is 8.26. The number of anilines is 1. The Morgan fingerprint density at radius 3 is 2.38 bits per heavy atom. The summed E-state index contributed by atoms with van der Waals surface area (Å²) in [6, 6.07) is 19.5. The molecule has 0 saturated carbocycles. The van der Waals surface area contributed by atoms with Gasteiger partial charge in [-0.15, -0.1) is 0 Å². The Balaban J connectivity index is 1.66. The molecular weight excluding hydrogens is 262 g/mol. The van der Waals surface area contributed by atoms with Crippen LogP contribution in [-0.2, 0) is 6.54 Å². The zero-order valence-electron chi connectivity index (χ0n) is 11.4. The van der Waals surface area contributed by atoms with Gasteiger partial charge in [-0.2, -0.15) is 0 Å². The van der Waals surface area contributed by atoms with Gasteiger partial charge in [0.05, 0.1) is 0 Å². The average Bonchev–Trinajstić information content (AvgIpc) is 2.55. The maximum Gasteiger partial charge on any atom is 0.222 e. The van der Waals surface area contributed by atoms with Crippen LogP contribution in [-0.4, -0.2) is 9.97 Å². The van der Waals surface area contributed by atoms with Gasteiger partial charge in [0, 0.05) is 18.9 Å². The van der Waals surface area contributed by atoms with Gasteiger partial charge in [0.15, 0.2) is 0 Å². The van der Waals surface area contributed by atoms with Crippen LogP contribution in [0.5, 0.6) is 11.5 Å². The summed E-state index contributed by atoms with van der Waals surface area (Å²) < 4.78 is 5.81. The van der Waals surface area contributed by atoms with Gasteiger partial charge in [0.2, 0.25) is 5.95 Å². The Morgan fingerprint density at radius 1 is 0.810 bits per heavy atom. The molecule has 4 heteroatoms. The van der Waals surface area contributed by atoms with Gasteiger partial charge in [-0.1, -0.05) is 30.3 Å². The van der Waals surface area contributed by atoms with Crippen molar-refractivity contribution in [1.82, 2.24) is 9.97 Å². The predicted octanol–water partition coefficient (Wildman–Crippen LogP) is 3.88. The molecule has 0 atom stereocenters. The third kappa shape index (κ3) is 3.79. The lowest BCUT2D eigenvalue weighted by Gasteiger charge is -2.08. The van der Waals surface area contributed by atoms with Crippen LogP contribution >= 0.6 is 0 Å². The van der Waals surface area contributed by atoms with Crippen molar-refractivity contribution in [3.63, 3.8) is 0 Å². The molecule has 1 heterocycles. The van der Waals surface area contributed by atoms with Crippen LogP contribution in [0, 0.1) is 0 Å². The van der Waals surface area contributed by atoms with Crippen molar-refractivity contribution in [2.45, 2.75) is 6.54 Å². The van der Waals surface area contributed by atoms with Crippen molar-refractivity contribution in [3.05, 3.63) is 78.6 Å². The number of hydrogen-bond acceptors (Lipinski definition) is 4. The number of ether oxygens (including phenoxy) is 1. The third-order valence-electron chi connectivity index (χ3n) is 2.89. The number of rotatable bonds is 5. The summed E-state index contributed by atoms with van der Waals surface area (Å²) in [6.45, 7) is 0.649. The molecule has 0 aliphatic rings. The lowest BCUT2D eigenvalue weighted by atomic mass is 10.2. The first-order valence-electron chi connectivity index (χ1n) is 6.73. The summed E-state index contributed by atoms with van der Waals surface area (Å²) >= 11 is 0. The molecular formula is C17H15N3O. The second-order valence-corrected chi connectivity index (χ2v) is 4.49. The van der Waals surface area contributed by atoms with E-state index in [1.165, 1.54) is 0 Å². The van der Waals surface area contributed by atoms with Gasteiger partial charge in [-0.05, 0) is 35.9 Å². The van der Waals surface area contributed by atoms with Crippen LogP contribution in [0.15, 0.2) is 73.1 Å². The molecule has 4 nitrogen and oxygen atoms in total. The summed E-state index contributed by atoms with van der Waals surface area (Å²) in [5.41, 5.74) is 1.11. The molecule has 104 valence electrons. The molecule has 0 saturated heterocycles. The van der Waals surface area contributed by atoms with Crippen molar-refractivity contribution < 1.29 is 4.74 Å². The summed E-state index contributed by atoms with van der Waals surface area (Å²) in [6.07, 6.45) is 3.43. The molecule has 1 N–H and O–H groups in total. The Hall–Kier alpha value is -2.88. The van der Waals surface area contributed by atoms with Crippen LogP contribution in [0.2, 0.25) is 0 Å². The molecule has 0 radical (unpaired) electrons. The normalized spacial score (nSPS) is 10.1. The van der Waals surface area contributed by atoms with E-state index in [1.54, 1.807) is 18.5 Å². The number of para-hydroxylation sites is 1. The van der Waals surface area contributed by atoms with Crippen molar-refractivity contribution in [2.75, 3.05) is 5.32 Å². The van der Waals surface area contributed by atoms with Crippen molar-refractivity contribution in [3.8, 4) is 11.5 Å². The SMILES string of the molecule is c1ccc(Oc2cccc(CNc3ncccn3)c2)cc1. The minimum absolute atomic E-state index is 0.617. The lowest BCUT2D eigenvalue weighted by molar-refractivity contribution is 0.482. The second kappa shape index (κ2) is 6.52. The van der Waals surface area contributed by atoms with Crippen LogP contribution in [0.25, 0.3) is 0 Å². The largest absolute Gasteiger partial charge is 0.457 e.